The van der Waals surface area contributed by atoms with Gasteiger partial charge in [0.1, 0.15) is 0 Å². The van der Waals surface area contributed by atoms with Gasteiger partial charge in [0.15, 0.2) is 11.4 Å². The number of Topliss-reactive ketones (excluding diaryl/α,β-unsaturated/α-hetero) is 1. The van der Waals surface area contributed by atoms with E-state index in [0.29, 0.717) is 21.8 Å². The van der Waals surface area contributed by atoms with Crippen molar-refractivity contribution >= 4 is 29.0 Å². The van der Waals surface area contributed by atoms with Crippen molar-refractivity contribution in [3.8, 4) is 0 Å². The first kappa shape index (κ1) is 20.3. The first-order chi connectivity index (χ1) is 14.3. The molecule has 5 heteroatoms. The Bertz CT molecular complexity index is 1140. The van der Waals surface area contributed by atoms with Gasteiger partial charge in [0.25, 0.3) is 5.91 Å². The van der Waals surface area contributed by atoms with E-state index in [4.69, 9.17) is 11.6 Å². The zero-order valence-corrected chi connectivity index (χ0v) is 17.6. The summed E-state index contributed by atoms with van der Waals surface area (Å²) in [7, 11) is 0. The third kappa shape index (κ3) is 3.53. The summed E-state index contributed by atoms with van der Waals surface area (Å²) in [5.41, 5.74) is 2.48. The van der Waals surface area contributed by atoms with Gasteiger partial charge in [-0.1, -0.05) is 65.7 Å². The molecule has 0 aromatic heterocycles. The third-order valence-corrected chi connectivity index (χ3v) is 5.84. The van der Waals surface area contributed by atoms with Crippen molar-refractivity contribution in [3.05, 3.63) is 99.6 Å². The molecule has 1 aliphatic rings. The molecule has 1 atom stereocenters. The molecule has 1 unspecified atom stereocenters. The highest BCUT2D eigenvalue weighted by Gasteiger charge is 2.50. The highest BCUT2D eigenvalue weighted by Crippen LogP contribution is 2.43. The van der Waals surface area contributed by atoms with E-state index in [9.17, 15) is 14.7 Å². The van der Waals surface area contributed by atoms with Crippen LogP contribution in [0, 0.1) is 13.8 Å². The number of hydrogen-bond donors (Lipinski definition) is 1. The number of benzene rings is 3. The molecule has 0 aliphatic carbocycles. The average molecular weight is 420 g/mol. The summed E-state index contributed by atoms with van der Waals surface area (Å²) < 4.78 is 0. The molecule has 0 fully saturated rings. The van der Waals surface area contributed by atoms with E-state index < -0.39 is 11.5 Å². The minimum atomic E-state index is -1.89. The predicted octanol–water partition coefficient (Wildman–Crippen LogP) is 4.96. The lowest BCUT2D eigenvalue weighted by atomic mass is 9.87. The molecular formula is C25H22ClNO3. The minimum Gasteiger partial charge on any atom is -0.375 e. The van der Waals surface area contributed by atoms with E-state index in [1.54, 1.807) is 36.4 Å². The number of ketones is 1. The second kappa shape index (κ2) is 7.71. The highest BCUT2D eigenvalue weighted by molar-refractivity contribution is 6.30. The summed E-state index contributed by atoms with van der Waals surface area (Å²) >= 11 is 5.96. The summed E-state index contributed by atoms with van der Waals surface area (Å²) in [6.45, 7) is 4.11. The fourth-order valence-corrected chi connectivity index (χ4v) is 4.19. The van der Waals surface area contributed by atoms with Gasteiger partial charge in [0.05, 0.1) is 18.7 Å². The Morgan fingerprint density at radius 3 is 2.43 bits per heavy atom. The zero-order chi connectivity index (χ0) is 21.5. The molecule has 0 radical (unpaired) electrons. The molecule has 152 valence electrons. The van der Waals surface area contributed by atoms with Crippen molar-refractivity contribution in [1.29, 1.82) is 0 Å². The average Bonchev–Trinajstić information content (AvgIpc) is 2.91. The molecule has 30 heavy (non-hydrogen) atoms. The van der Waals surface area contributed by atoms with Crippen molar-refractivity contribution in [3.63, 3.8) is 0 Å². The maximum atomic E-state index is 13.4. The lowest BCUT2D eigenvalue weighted by molar-refractivity contribution is -0.136. The Morgan fingerprint density at radius 1 is 1.03 bits per heavy atom. The van der Waals surface area contributed by atoms with Crippen LogP contribution in [0.1, 0.15) is 39.0 Å². The van der Waals surface area contributed by atoms with Crippen LogP contribution in [0.4, 0.5) is 5.69 Å². The number of carbonyl (C=O) groups is 2. The van der Waals surface area contributed by atoms with E-state index in [1.165, 1.54) is 4.90 Å². The summed E-state index contributed by atoms with van der Waals surface area (Å²) in [4.78, 5) is 27.9. The molecular weight excluding hydrogens is 398 g/mol. The standard InChI is InChI=1S/C25H22ClNO3/c1-16-7-12-20(17(2)13-16)23(28)14-25(30)21-5-3-4-6-22(21)27(24(25)29)15-18-8-10-19(26)11-9-18/h3-13,30H,14-15H2,1-2H3. The highest BCUT2D eigenvalue weighted by atomic mass is 35.5. The summed E-state index contributed by atoms with van der Waals surface area (Å²) in [5.74, 6) is -0.747. The number of para-hydroxylation sites is 1. The topological polar surface area (TPSA) is 57.6 Å². The van der Waals surface area contributed by atoms with Gasteiger partial charge in [-0.3, -0.25) is 9.59 Å². The number of aliphatic hydroxyl groups is 1. The van der Waals surface area contributed by atoms with E-state index in [0.717, 1.165) is 16.7 Å². The zero-order valence-electron chi connectivity index (χ0n) is 16.9. The second-order valence-electron chi connectivity index (χ2n) is 7.81. The van der Waals surface area contributed by atoms with E-state index in [2.05, 4.69) is 0 Å². The lowest BCUT2D eigenvalue weighted by Gasteiger charge is -2.23. The van der Waals surface area contributed by atoms with Crippen LogP contribution in [0.5, 0.6) is 0 Å². The molecule has 0 bridgehead atoms. The van der Waals surface area contributed by atoms with Gasteiger partial charge < -0.3 is 10.0 Å². The van der Waals surface area contributed by atoms with Gasteiger partial charge in [-0.2, -0.15) is 0 Å². The fraction of sp³-hybridized carbons (Fsp3) is 0.200. The van der Waals surface area contributed by atoms with Crippen molar-refractivity contribution in [2.24, 2.45) is 0 Å². The maximum Gasteiger partial charge on any atom is 0.264 e. The quantitative estimate of drug-likeness (QED) is 0.594. The van der Waals surface area contributed by atoms with E-state index >= 15 is 0 Å². The Balaban J connectivity index is 1.68. The molecule has 0 saturated carbocycles. The summed E-state index contributed by atoms with van der Waals surface area (Å²) in [6, 6.07) is 19.9. The molecule has 4 rings (SSSR count). The fourth-order valence-electron chi connectivity index (χ4n) is 4.06. The normalized spacial score (nSPS) is 17.9. The van der Waals surface area contributed by atoms with Crippen LogP contribution in [0.15, 0.2) is 66.7 Å². The number of anilines is 1. The van der Waals surface area contributed by atoms with Gasteiger partial charge >= 0.3 is 0 Å². The first-order valence-electron chi connectivity index (χ1n) is 9.78. The van der Waals surface area contributed by atoms with Gasteiger partial charge in [0.2, 0.25) is 0 Å². The molecule has 4 nitrogen and oxygen atoms in total. The number of aryl methyl sites for hydroxylation is 2. The van der Waals surface area contributed by atoms with Gasteiger partial charge in [-0.25, -0.2) is 0 Å². The molecule has 1 N–H and O–H groups in total. The van der Waals surface area contributed by atoms with Gasteiger partial charge in [-0.15, -0.1) is 0 Å². The van der Waals surface area contributed by atoms with Crippen molar-refractivity contribution in [2.45, 2.75) is 32.4 Å². The maximum absolute atomic E-state index is 13.4. The lowest BCUT2D eigenvalue weighted by Crippen LogP contribution is -2.41. The molecule has 1 amide bonds. The molecule has 3 aromatic carbocycles. The largest absolute Gasteiger partial charge is 0.375 e. The van der Waals surface area contributed by atoms with Crippen molar-refractivity contribution in [2.75, 3.05) is 4.90 Å². The van der Waals surface area contributed by atoms with Crippen molar-refractivity contribution in [1.82, 2.24) is 0 Å². The number of amides is 1. The minimum absolute atomic E-state index is 0.258. The SMILES string of the molecule is Cc1ccc(C(=O)CC2(O)C(=O)N(Cc3ccc(Cl)cc3)c3ccccc32)c(C)c1. The molecule has 0 saturated heterocycles. The molecule has 1 heterocycles. The second-order valence-corrected chi connectivity index (χ2v) is 8.25. The van der Waals surface area contributed by atoms with Crippen LogP contribution in [0.2, 0.25) is 5.02 Å². The Kier molecular flexibility index (Phi) is 5.22. The molecule has 1 aliphatic heterocycles. The number of rotatable bonds is 5. The number of carbonyl (C=O) groups excluding carboxylic acids is 2. The van der Waals surface area contributed by atoms with Gasteiger partial charge in [-0.05, 0) is 43.2 Å². The van der Waals surface area contributed by atoms with Crippen LogP contribution in [0.3, 0.4) is 0 Å². The Hall–Kier alpha value is -2.95. The van der Waals surface area contributed by atoms with Crippen LogP contribution in [-0.4, -0.2) is 16.8 Å². The summed E-state index contributed by atoms with van der Waals surface area (Å²) in [5, 5.41) is 12.1. The van der Waals surface area contributed by atoms with Crippen LogP contribution in [0.25, 0.3) is 0 Å². The van der Waals surface area contributed by atoms with Crippen LogP contribution < -0.4 is 4.90 Å². The van der Waals surface area contributed by atoms with Crippen molar-refractivity contribution < 1.29 is 14.7 Å². The number of nitrogens with zero attached hydrogens (tertiary/aromatic N) is 1. The van der Waals surface area contributed by atoms with E-state index in [-0.39, 0.29) is 18.7 Å². The smallest absolute Gasteiger partial charge is 0.264 e. The monoisotopic (exact) mass is 419 g/mol. The Labute approximate surface area is 180 Å². The predicted molar refractivity (Wildman–Crippen MR) is 118 cm³/mol. The molecule has 3 aromatic rings. The number of hydrogen-bond acceptors (Lipinski definition) is 3. The van der Waals surface area contributed by atoms with E-state index in [1.807, 2.05) is 44.2 Å². The molecule has 0 spiro atoms. The van der Waals surface area contributed by atoms with Gasteiger partial charge in [0, 0.05) is 16.1 Å². The first-order valence-corrected chi connectivity index (χ1v) is 10.2. The Morgan fingerprint density at radius 2 is 1.73 bits per heavy atom. The number of fused-ring (bicyclic) bond motifs is 1. The van der Waals surface area contributed by atoms with Crippen LogP contribution in [-0.2, 0) is 16.9 Å². The summed E-state index contributed by atoms with van der Waals surface area (Å²) in [6.07, 6.45) is -0.302. The van der Waals surface area contributed by atoms with Crippen LogP contribution >= 0.6 is 11.6 Å². The number of halogens is 1. The third-order valence-electron chi connectivity index (χ3n) is 5.59.